The number of aryl methyl sites for hydroxylation is 2. The largest absolute Gasteiger partial charge is 0.326 e. The van der Waals surface area contributed by atoms with Crippen LogP contribution in [0.1, 0.15) is 24.5 Å². The van der Waals surface area contributed by atoms with Crippen LogP contribution >= 0.6 is 11.8 Å². The first-order valence-electron chi connectivity index (χ1n) is 9.06. The third-order valence-corrected chi connectivity index (χ3v) is 5.46. The number of benzene rings is 2. The lowest BCUT2D eigenvalue weighted by molar-refractivity contribution is -0.128. The van der Waals surface area contributed by atoms with Gasteiger partial charge in [0.25, 0.3) is 0 Å². The molecule has 0 radical (unpaired) electrons. The molecule has 1 fully saturated rings. The number of nitrogens with one attached hydrogen (secondary N) is 1. The highest BCUT2D eigenvalue weighted by Crippen LogP contribution is 2.32. The molecule has 146 valence electrons. The van der Waals surface area contributed by atoms with E-state index in [1.54, 1.807) is 18.2 Å². The third-order valence-electron chi connectivity index (χ3n) is 4.28. The van der Waals surface area contributed by atoms with Crippen molar-refractivity contribution in [3.05, 3.63) is 59.4 Å². The number of hydrogen-bond acceptors (Lipinski definition) is 4. The Kier molecular flexibility index (Phi) is 6.14. The molecule has 1 saturated heterocycles. The second-order valence-electron chi connectivity index (χ2n) is 6.66. The number of amidine groups is 1. The zero-order chi connectivity index (χ0) is 20.3. The molecule has 1 atom stereocenters. The summed E-state index contributed by atoms with van der Waals surface area (Å²) >= 11 is 1.20. The Hall–Kier alpha value is -2.67. The minimum absolute atomic E-state index is 0.0310. The SMILES string of the molecule is CCN1C(=O)C(CC(=O)Nc2cc(C)cc(C)c2)SC1=Nc1ccccc1F. The molecule has 0 bridgehead atoms. The van der Waals surface area contributed by atoms with E-state index in [9.17, 15) is 14.0 Å². The Morgan fingerprint density at radius 2 is 1.89 bits per heavy atom. The fourth-order valence-electron chi connectivity index (χ4n) is 3.09. The molecule has 1 unspecified atom stereocenters. The maximum absolute atomic E-state index is 13.9. The van der Waals surface area contributed by atoms with Gasteiger partial charge in [-0.2, -0.15) is 0 Å². The second kappa shape index (κ2) is 8.56. The fraction of sp³-hybridized carbons (Fsp3) is 0.286. The number of carbonyl (C=O) groups excluding carboxylic acids is 2. The molecule has 0 aromatic heterocycles. The molecular weight excluding hydrogens is 377 g/mol. The van der Waals surface area contributed by atoms with E-state index in [1.165, 1.54) is 22.7 Å². The average Bonchev–Trinajstić information content (AvgIpc) is 2.90. The molecule has 1 aliphatic heterocycles. The van der Waals surface area contributed by atoms with Crippen LogP contribution in [0.2, 0.25) is 0 Å². The molecule has 3 rings (SSSR count). The van der Waals surface area contributed by atoms with Gasteiger partial charge in [-0.25, -0.2) is 9.38 Å². The summed E-state index contributed by atoms with van der Waals surface area (Å²) in [5.41, 5.74) is 3.00. The molecule has 0 spiro atoms. The zero-order valence-electron chi connectivity index (χ0n) is 16.0. The van der Waals surface area contributed by atoms with Crippen molar-refractivity contribution in [3.8, 4) is 0 Å². The van der Waals surface area contributed by atoms with E-state index in [0.29, 0.717) is 17.4 Å². The molecule has 2 amide bonds. The number of hydrogen-bond donors (Lipinski definition) is 1. The Labute approximate surface area is 168 Å². The van der Waals surface area contributed by atoms with Gasteiger partial charge in [-0.15, -0.1) is 0 Å². The van der Waals surface area contributed by atoms with E-state index in [1.807, 2.05) is 39.0 Å². The van der Waals surface area contributed by atoms with Crippen LogP contribution < -0.4 is 5.32 Å². The number of anilines is 1. The topological polar surface area (TPSA) is 61.8 Å². The van der Waals surface area contributed by atoms with Crippen LogP contribution in [0.4, 0.5) is 15.8 Å². The molecule has 2 aromatic carbocycles. The molecule has 28 heavy (non-hydrogen) atoms. The van der Waals surface area contributed by atoms with Crippen molar-refractivity contribution in [3.63, 3.8) is 0 Å². The van der Waals surface area contributed by atoms with Crippen LogP contribution in [-0.2, 0) is 9.59 Å². The van der Waals surface area contributed by atoms with Gasteiger partial charge in [-0.1, -0.05) is 30.0 Å². The zero-order valence-corrected chi connectivity index (χ0v) is 16.8. The predicted octanol–water partition coefficient (Wildman–Crippen LogP) is 4.42. The van der Waals surface area contributed by atoms with Crippen molar-refractivity contribution >= 4 is 40.1 Å². The first-order valence-corrected chi connectivity index (χ1v) is 9.94. The fourth-order valence-corrected chi connectivity index (χ4v) is 4.30. The monoisotopic (exact) mass is 399 g/mol. The van der Waals surface area contributed by atoms with Crippen molar-refractivity contribution in [2.45, 2.75) is 32.4 Å². The molecule has 1 heterocycles. The molecular formula is C21H22FN3O2S. The third kappa shape index (κ3) is 4.59. The number of amides is 2. The van der Waals surface area contributed by atoms with E-state index < -0.39 is 11.1 Å². The van der Waals surface area contributed by atoms with Gasteiger partial charge in [0.05, 0.1) is 0 Å². The Bertz CT molecular complexity index is 925. The standard InChI is InChI=1S/C21H22FN3O2S/c1-4-25-20(27)18(28-21(25)24-17-8-6-5-7-16(17)22)12-19(26)23-15-10-13(2)9-14(3)11-15/h5-11,18H,4,12H2,1-3H3,(H,23,26). The minimum Gasteiger partial charge on any atom is -0.326 e. The van der Waals surface area contributed by atoms with Gasteiger partial charge < -0.3 is 5.32 Å². The molecule has 1 N–H and O–H groups in total. The van der Waals surface area contributed by atoms with Crippen molar-refractivity contribution in [1.29, 1.82) is 0 Å². The highest BCUT2D eigenvalue weighted by molar-refractivity contribution is 8.15. The van der Waals surface area contributed by atoms with Gasteiger partial charge >= 0.3 is 0 Å². The average molecular weight is 399 g/mol. The summed E-state index contributed by atoms with van der Waals surface area (Å²) in [5.74, 6) is -0.868. The van der Waals surface area contributed by atoms with Crippen LogP contribution in [-0.4, -0.2) is 33.7 Å². The summed E-state index contributed by atoms with van der Waals surface area (Å²) in [4.78, 5) is 30.9. The maximum atomic E-state index is 13.9. The molecule has 0 saturated carbocycles. The molecule has 0 aliphatic carbocycles. The van der Waals surface area contributed by atoms with Gasteiger partial charge in [0.1, 0.15) is 16.8 Å². The second-order valence-corrected chi connectivity index (χ2v) is 7.83. The Morgan fingerprint density at radius 3 is 2.54 bits per heavy atom. The van der Waals surface area contributed by atoms with E-state index in [4.69, 9.17) is 0 Å². The summed E-state index contributed by atoms with van der Waals surface area (Å²) in [6.07, 6.45) is 0.0310. The molecule has 1 aliphatic rings. The summed E-state index contributed by atoms with van der Waals surface area (Å²) in [7, 11) is 0. The van der Waals surface area contributed by atoms with Crippen molar-refractivity contribution in [2.75, 3.05) is 11.9 Å². The number of aliphatic imine (C=N–C) groups is 1. The number of halogens is 1. The lowest BCUT2D eigenvalue weighted by Crippen LogP contribution is -2.33. The Balaban J connectivity index is 1.73. The van der Waals surface area contributed by atoms with Gasteiger partial charge in [-0.05, 0) is 56.2 Å². The normalized spacial score (nSPS) is 18.0. The minimum atomic E-state index is -0.573. The van der Waals surface area contributed by atoms with Gasteiger partial charge in [0.2, 0.25) is 11.8 Å². The van der Waals surface area contributed by atoms with Gasteiger partial charge in [0, 0.05) is 18.7 Å². The predicted molar refractivity (Wildman–Crippen MR) is 111 cm³/mol. The smallest absolute Gasteiger partial charge is 0.242 e. The quantitative estimate of drug-likeness (QED) is 0.809. The summed E-state index contributed by atoms with van der Waals surface area (Å²) in [6, 6.07) is 12.0. The van der Waals surface area contributed by atoms with Crippen LogP contribution in [0.15, 0.2) is 47.5 Å². The number of nitrogens with zero attached hydrogens (tertiary/aromatic N) is 2. The van der Waals surface area contributed by atoms with Crippen molar-refractivity contribution in [2.24, 2.45) is 4.99 Å². The van der Waals surface area contributed by atoms with Gasteiger partial charge in [-0.3, -0.25) is 14.5 Å². The van der Waals surface area contributed by atoms with Crippen molar-refractivity contribution in [1.82, 2.24) is 4.90 Å². The molecule has 2 aromatic rings. The van der Waals surface area contributed by atoms with E-state index in [2.05, 4.69) is 10.3 Å². The summed E-state index contributed by atoms with van der Waals surface area (Å²) in [5, 5.41) is 2.70. The maximum Gasteiger partial charge on any atom is 0.242 e. The summed E-state index contributed by atoms with van der Waals surface area (Å²) in [6.45, 7) is 6.16. The van der Waals surface area contributed by atoms with Crippen LogP contribution in [0, 0.1) is 19.7 Å². The lowest BCUT2D eigenvalue weighted by atomic mass is 10.1. The first-order chi connectivity index (χ1) is 13.4. The van der Waals surface area contributed by atoms with Crippen LogP contribution in [0.5, 0.6) is 0 Å². The lowest BCUT2D eigenvalue weighted by Gasteiger charge is -2.13. The molecule has 7 heteroatoms. The number of para-hydroxylation sites is 1. The van der Waals surface area contributed by atoms with Crippen molar-refractivity contribution < 1.29 is 14.0 Å². The van der Waals surface area contributed by atoms with Crippen LogP contribution in [0.25, 0.3) is 0 Å². The molecule has 5 nitrogen and oxygen atoms in total. The van der Waals surface area contributed by atoms with E-state index in [-0.39, 0.29) is 23.9 Å². The first kappa shape index (κ1) is 20.1. The number of thioether (sulfide) groups is 1. The Morgan fingerprint density at radius 1 is 1.21 bits per heavy atom. The summed E-state index contributed by atoms with van der Waals surface area (Å²) < 4.78 is 13.9. The highest BCUT2D eigenvalue weighted by Gasteiger charge is 2.38. The number of carbonyl (C=O) groups is 2. The number of rotatable bonds is 5. The van der Waals surface area contributed by atoms with Crippen LogP contribution in [0.3, 0.4) is 0 Å². The van der Waals surface area contributed by atoms with E-state index >= 15 is 0 Å². The highest BCUT2D eigenvalue weighted by atomic mass is 32.2. The van der Waals surface area contributed by atoms with Gasteiger partial charge in [0.15, 0.2) is 5.17 Å². The van der Waals surface area contributed by atoms with E-state index in [0.717, 1.165) is 11.1 Å².